The minimum atomic E-state index is -0.0846. The molecule has 94 valence electrons. The van der Waals surface area contributed by atoms with Crippen molar-refractivity contribution in [3.8, 4) is 0 Å². The predicted molar refractivity (Wildman–Crippen MR) is 74.5 cm³/mol. The minimum absolute atomic E-state index is 0.0846. The van der Waals surface area contributed by atoms with Crippen LogP contribution in [0.4, 0.5) is 0 Å². The number of rotatable bonds is 4. The van der Waals surface area contributed by atoms with E-state index in [4.69, 9.17) is 29.0 Å². The summed E-state index contributed by atoms with van der Waals surface area (Å²) in [5.41, 5.74) is 4.71. The van der Waals surface area contributed by atoms with Gasteiger partial charge in [0.25, 0.3) is 0 Å². The van der Waals surface area contributed by atoms with Crippen LogP contribution in [0.25, 0.3) is 0 Å². The third-order valence-corrected chi connectivity index (χ3v) is 3.45. The van der Waals surface area contributed by atoms with Crippen molar-refractivity contribution in [2.75, 3.05) is 0 Å². The minimum Gasteiger partial charge on any atom is -0.271 e. The third-order valence-electron chi connectivity index (χ3n) is 2.76. The summed E-state index contributed by atoms with van der Waals surface area (Å²) in [5, 5.41) is 1.32. The molecule has 0 fully saturated rings. The third kappa shape index (κ3) is 3.00. The molecule has 1 aromatic heterocycles. The highest BCUT2D eigenvalue weighted by atomic mass is 35.5. The normalized spacial score (nSPS) is 12.4. The van der Waals surface area contributed by atoms with Crippen LogP contribution >= 0.6 is 23.2 Å². The second kappa shape index (κ2) is 6.16. The van der Waals surface area contributed by atoms with Gasteiger partial charge in [0.05, 0.1) is 11.1 Å². The van der Waals surface area contributed by atoms with Gasteiger partial charge in [-0.15, -0.1) is 0 Å². The Bertz CT molecular complexity index is 531. The molecule has 2 aromatic rings. The Morgan fingerprint density at radius 2 is 1.94 bits per heavy atom. The summed E-state index contributed by atoms with van der Waals surface area (Å²) in [6.07, 6.45) is 3.99. The van der Waals surface area contributed by atoms with E-state index < -0.39 is 0 Å². The zero-order chi connectivity index (χ0) is 13.0. The van der Waals surface area contributed by atoms with Gasteiger partial charge in [0.1, 0.15) is 0 Å². The zero-order valence-corrected chi connectivity index (χ0v) is 11.1. The Hall–Kier alpha value is -1.13. The predicted octanol–water partition coefficient (Wildman–Crippen LogP) is 3.14. The van der Waals surface area contributed by atoms with E-state index in [9.17, 15) is 0 Å². The van der Waals surface area contributed by atoms with E-state index in [0.717, 1.165) is 11.1 Å². The number of aromatic nitrogens is 1. The number of hydrazine groups is 1. The molecule has 0 radical (unpaired) electrons. The fraction of sp³-hybridized carbons (Fsp3) is 0.154. The molecule has 0 aliphatic rings. The molecule has 1 unspecified atom stereocenters. The summed E-state index contributed by atoms with van der Waals surface area (Å²) in [7, 11) is 0. The van der Waals surface area contributed by atoms with Gasteiger partial charge in [-0.2, -0.15) is 0 Å². The maximum Gasteiger partial charge on any atom is 0.0622 e. The largest absolute Gasteiger partial charge is 0.271 e. The molecule has 5 heteroatoms. The summed E-state index contributed by atoms with van der Waals surface area (Å²) >= 11 is 12.3. The van der Waals surface area contributed by atoms with Crippen LogP contribution in [0, 0.1) is 0 Å². The van der Waals surface area contributed by atoms with E-state index in [0.29, 0.717) is 16.5 Å². The molecular formula is C13H13Cl2N3. The molecule has 0 amide bonds. The summed E-state index contributed by atoms with van der Waals surface area (Å²) in [6, 6.07) is 9.40. The first-order chi connectivity index (χ1) is 8.72. The van der Waals surface area contributed by atoms with E-state index >= 15 is 0 Å². The molecule has 0 aliphatic heterocycles. The van der Waals surface area contributed by atoms with Crippen LogP contribution in [-0.4, -0.2) is 4.98 Å². The number of hydrogen-bond acceptors (Lipinski definition) is 3. The fourth-order valence-corrected chi connectivity index (χ4v) is 2.27. The van der Waals surface area contributed by atoms with Gasteiger partial charge in [-0.25, -0.2) is 0 Å². The van der Waals surface area contributed by atoms with Crippen LogP contribution in [-0.2, 0) is 6.42 Å². The number of halogens is 2. The van der Waals surface area contributed by atoms with Crippen molar-refractivity contribution in [3.05, 3.63) is 63.9 Å². The van der Waals surface area contributed by atoms with Crippen LogP contribution in [0.15, 0.2) is 42.7 Å². The van der Waals surface area contributed by atoms with Crippen molar-refractivity contribution in [3.63, 3.8) is 0 Å². The first-order valence-corrected chi connectivity index (χ1v) is 6.27. The highest BCUT2D eigenvalue weighted by Gasteiger charge is 2.14. The number of benzene rings is 1. The second-order valence-corrected chi connectivity index (χ2v) is 4.73. The summed E-state index contributed by atoms with van der Waals surface area (Å²) in [5.74, 6) is 5.60. The smallest absolute Gasteiger partial charge is 0.0622 e. The van der Waals surface area contributed by atoms with Crippen LogP contribution in [0.5, 0.6) is 0 Å². The number of hydrogen-bond donors (Lipinski definition) is 2. The Kier molecular flexibility index (Phi) is 4.55. The molecule has 18 heavy (non-hydrogen) atoms. The average Bonchev–Trinajstić information content (AvgIpc) is 2.39. The van der Waals surface area contributed by atoms with Gasteiger partial charge in [0.15, 0.2) is 0 Å². The van der Waals surface area contributed by atoms with Crippen molar-refractivity contribution in [2.24, 2.45) is 5.84 Å². The van der Waals surface area contributed by atoms with E-state index in [2.05, 4.69) is 10.4 Å². The average molecular weight is 282 g/mol. The van der Waals surface area contributed by atoms with Gasteiger partial charge in [-0.3, -0.25) is 16.3 Å². The number of nitrogens with two attached hydrogens (primary N) is 1. The topological polar surface area (TPSA) is 50.9 Å². The van der Waals surface area contributed by atoms with Crippen LogP contribution in [0.3, 0.4) is 0 Å². The van der Waals surface area contributed by atoms with Gasteiger partial charge in [-0.1, -0.05) is 41.4 Å². The monoisotopic (exact) mass is 281 g/mol. The molecule has 0 saturated heterocycles. The van der Waals surface area contributed by atoms with Crippen molar-refractivity contribution in [1.29, 1.82) is 0 Å². The lowest BCUT2D eigenvalue weighted by molar-refractivity contribution is 0.552. The number of pyridine rings is 1. The van der Waals surface area contributed by atoms with Crippen LogP contribution in [0.2, 0.25) is 10.0 Å². The van der Waals surface area contributed by atoms with E-state index in [1.54, 1.807) is 12.4 Å². The first-order valence-electron chi connectivity index (χ1n) is 5.51. The van der Waals surface area contributed by atoms with Gasteiger partial charge in [-0.05, 0) is 29.7 Å². The Balaban J connectivity index is 2.26. The summed E-state index contributed by atoms with van der Waals surface area (Å²) < 4.78 is 0. The number of nitrogens with one attached hydrogen (secondary N) is 1. The molecule has 0 aliphatic carbocycles. The summed E-state index contributed by atoms with van der Waals surface area (Å²) in [6.45, 7) is 0. The maximum absolute atomic E-state index is 6.16. The maximum atomic E-state index is 6.16. The summed E-state index contributed by atoms with van der Waals surface area (Å²) in [4.78, 5) is 3.96. The Morgan fingerprint density at radius 1 is 1.17 bits per heavy atom. The molecule has 3 N–H and O–H groups in total. The Labute approximate surface area is 116 Å². The standard InChI is InChI=1S/C13H13Cl2N3/c14-11-4-2-1-3-10(11)13(18-16)7-9-5-6-17-8-12(9)15/h1-6,8,13,18H,7,16H2. The van der Waals surface area contributed by atoms with Crippen molar-refractivity contribution in [1.82, 2.24) is 10.4 Å². The van der Waals surface area contributed by atoms with Crippen molar-refractivity contribution >= 4 is 23.2 Å². The molecule has 1 aromatic carbocycles. The lowest BCUT2D eigenvalue weighted by atomic mass is 10.00. The molecule has 2 rings (SSSR count). The van der Waals surface area contributed by atoms with E-state index in [1.165, 1.54) is 0 Å². The van der Waals surface area contributed by atoms with Gasteiger partial charge >= 0.3 is 0 Å². The lowest BCUT2D eigenvalue weighted by Crippen LogP contribution is -2.29. The molecule has 0 saturated carbocycles. The molecular weight excluding hydrogens is 269 g/mol. The zero-order valence-electron chi connectivity index (χ0n) is 9.61. The van der Waals surface area contributed by atoms with Crippen LogP contribution < -0.4 is 11.3 Å². The van der Waals surface area contributed by atoms with E-state index in [-0.39, 0.29) is 6.04 Å². The molecule has 0 bridgehead atoms. The number of nitrogens with zero attached hydrogens (tertiary/aromatic N) is 1. The fourth-order valence-electron chi connectivity index (χ4n) is 1.81. The lowest BCUT2D eigenvalue weighted by Gasteiger charge is -2.18. The molecule has 0 spiro atoms. The van der Waals surface area contributed by atoms with Gasteiger partial charge in [0, 0.05) is 17.4 Å². The molecule has 3 nitrogen and oxygen atoms in total. The Morgan fingerprint density at radius 3 is 2.61 bits per heavy atom. The first kappa shape index (κ1) is 13.3. The van der Waals surface area contributed by atoms with Crippen molar-refractivity contribution < 1.29 is 0 Å². The van der Waals surface area contributed by atoms with Gasteiger partial charge < -0.3 is 0 Å². The highest BCUT2D eigenvalue weighted by Crippen LogP contribution is 2.27. The molecule has 1 atom stereocenters. The second-order valence-electron chi connectivity index (χ2n) is 3.91. The van der Waals surface area contributed by atoms with Gasteiger partial charge in [0.2, 0.25) is 0 Å². The highest BCUT2D eigenvalue weighted by molar-refractivity contribution is 6.31. The van der Waals surface area contributed by atoms with Crippen LogP contribution in [0.1, 0.15) is 17.2 Å². The van der Waals surface area contributed by atoms with Crippen molar-refractivity contribution in [2.45, 2.75) is 12.5 Å². The SMILES string of the molecule is NNC(Cc1ccncc1Cl)c1ccccc1Cl. The quantitative estimate of drug-likeness (QED) is 0.669. The molecule has 1 heterocycles. The van der Waals surface area contributed by atoms with E-state index in [1.807, 2.05) is 30.3 Å².